The summed E-state index contributed by atoms with van der Waals surface area (Å²) in [4.78, 5) is 0. The Morgan fingerprint density at radius 1 is 1.58 bits per heavy atom. The fourth-order valence-electron chi connectivity index (χ4n) is 1.13. The van der Waals surface area contributed by atoms with Gasteiger partial charge in [0, 0.05) is 5.92 Å². The molecule has 0 aliphatic heterocycles. The largest absolute Gasteiger partial charge is 0.467 e. The van der Waals surface area contributed by atoms with Gasteiger partial charge < -0.3 is 9.52 Å². The lowest BCUT2D eigenvalue weighted by Crippen LogP contribution is -2.05. The van der Waals surface area contributed by atoms with Crippen LogP contribution in [0.15, 0.2) is 35.0 Å². The highest BCUT2D eigenvalue weighted by Crippen LogP contribution is 2.22. The van der Waals surface area contributed by atoms with Crippen LogP contribution in [0.2, 0.25) is 0 Å². The fraction of sp³-hybridized carbons (Fsp3) is 0.400. The maximum absolute atomic E-state index is 9.66. The highest BCUT2D eigenvalue weighted by Gasteiger charge is 2.15. The Hall–Kier alpha value is -1.02. The normalized spacial score (nSPS) is 16.6. The molecule has 2 heteroatoms. The molecular weight excluding hydrogens is 152 g/mol. The number of allylic oxidation sites excluding steroid dienone is 1. The summed E-state index contributed by atoms with van der Waals surface area (Å²) < 4.78 is 5.08. The molecule has 0 aliphatic carbocycles. The van der Waals surface area contributed by atoms with Gasteiger partial charge in [0.2, 0.25) is 0 Å². The molecule has 0 radical (unpaired) electrons. The molecule has 0 unspecified atom stereocenters. The van der Waals surface area contributed by atoms with E-state index in [2.05, 4.69) is 0 Å². The van der Waals surface area contributed by atoms with Gasteiger partial charge in [-0.3, -0.25) is 0 Å². The van der Waals surface area contributed by atoms with E-state index >= 15 is 0 Å². The van der Waals surface area contributed by atoms with Gasteiger partial charge in [-0.05, 0) is 19.1 Å². The molecule has 1 aromatic heterocycles. The number of rotatable bonds is 3. The molecule has 0 saturated carbocycles. The second-order valence-corrected chi connectivity index (χ2v) is 2.85. The monoisotopic (exact) mass is 166 g/mol. The van der Waals surface area contributed by atoms with Gasteiger partial charge in [-0.1, -0.05) is 19.1 Å². The summed E-state index contributed by atoms with van der Waals surface area (Å²) >= 11 is 0. The summed E-state index contributed by atoms with van der Waals surface area (Å²) in [6.07, 6.45) is 4.92. The zero-order chi connectivity index (χ0) is 8.97. The van der Waals surface area contributed by atoms with Crippen LogP contribution in [0.4, 0.5) is 0 Å². The van der Waals surface area contributed by atoms with E-state index in [0.29, 0.717) is 5.76 Å². The van der Waals surface area contributed by atoms with Gasteiger partial charge in [0.25, 0.3) is 0 Å². The summed E-state index contributed by atoms with van der Waals surface area (Å²) in [5.74, 6) is 0.724. The van der Waals surface area contributed by atoms with Crippen molar-refractivity contribution in [1.29, 1.82) is 0 Å². The van der Waals surface area contributed by atoms with Gasteiger partial charge in [0.15, 0.2) is 0 Å². The third-order valence-corrected chi connectivity index (χ3v) is 1.83. The molecule has 0 saturated heterocycles. The Labute approximate surface area is 72.5 Å². The molecule has 1 rings (SSSR count). The quantitative estimate of drug-likeness (QED) is 0.700. The Balaban J connectivity index is 2.65. The van der Waals surface area contributed by atoms with E-state index in [1.807, 2.05) is 26.0 Å². The summed E-state index contributed by atoms with van der Waals surface area (Å²) in [5, 5.41) is 9.66. The van der Waals surface area contributed by atoms with Gasteiger partial charge in [0.05, 0.1) is 6.26 Å². The van der Waals surface area contributed by atoms with Crippen molar-refractivity contribution in [3.8, 4) is 0 Å². The lowest BCUT2D eigenvalue weighted by Gasteiger charge is -2.11. The highest BCUT2D eigenvalue weighted by molar-refractivity contribution is 5.05. The Morgan fingerprint density at radius 3 is 2.83 bits per heavy atom. The average Bonchev–Trinajstić information content (AvgIpc) is 2.55. The number of aliphatic hydroxyl groups is 1. The number of hydrogen-bond acceptors (Lipinski definition) is 2. The van der Waals surface area contributed by atoms with Gasteiger partial charge in [-0.25, -0.2) is 0 Å². The maximum Gasteiger partial charge on any atom is 0.132 e. The van der Waals surface area contributed by atoms with Gasteiger partial charge in [0.1, 0.15) is 11.9 Å². The molecule has 0 bridgehead atoms. The number of furan rings is 1. The molecular formula is C10H14O2. The van der Waals surface area contributed by atoms with Crippen molar-refractivity contribution < 1.29 is 9.52 Å². The standard InChI is InChI=1S/C10H14O2/c1-3-5-8(2)10(11)9-6-4-7-12-9/h3-8,10-11H,1-2H3/b5-3+/t8-,10-/m1/s1. The van der Waals surface area contributed by atoms with Crippen LogP contribution >= 0.6 is 0 Å². The van der Waals surface area contributed by atoms with E-state index in [4.69, 9.17) is 4.42 Å². The minimum absolute atomic E-state index is 0.0983. The van der Waals surface area contributed by atoms with Crippen LogP contribution in [0.25, 0.3) is 0 Å². The van der Waals surface area contributed by atoms with E-state index in [1.54, 1.807) is 18.4 Å². The van der Waals surface area contributed by atoms with E-state index in [-0.39, 0.29) is 5.92 Å². The predicted octanol–water partition coefficient (Wildman–Crippen LogP) is 2.53. The summed E-state index contributed by atoms with van der Waals surface area (Å²) in [6, 6.07) is 3.56. The topological polar surface area (TPSA) is 33.4 Å². The Kier molecular flexibility index (Phi) is 3.11. The summed E-state index contributed by atoms with van der Waals surface area (Å²) in [6.45, 7) is 3.89. The molecule has 0 amide bonds. The van der Waals surface area contributed by atoms with Gasteiger partial charge in [-0.15, -0.1) is 0 Å². The van der Waals surface area contributed by atoms with Crippen LogP contribution in [0.5, 0.6) is 0 Å². The van der Waals surface area contributed by atoms with Crippen molar-refractivity contribution in [2.45, 2.75) is 20.0 Å². The Morgan fingerprint density at radius 2 is 2.33 bits per heavy atom. The average molecular weight is 166 g/mol. The molecule has 2 nitrogen and oxygen atoms in total. The smallest absolute Gasteiger partial charge is 0.132 e. The zero-order valence-electron chi connectivity index (χ0n) is 7.40. The van der Waals surface area contributed by atoms with E-state index in [1.165, 1.54) is 0 Å². The van der Waals surface area contributed by atoms with Crippen LogP contribution in [0.3, 0.4) is 0 Å². The SMILES string of the molecule is C/C=C/[C@@H](C)[C@@H](O)c1ccco1. The van der Waals surface area contributed by atoms with Crippen LogP contribution in [-0.4, -0.2) is 5.11 Å². The van der Waals surface area contributed by atoms with Crippen molar-refractivity contribution >= 4 is 0 Å². The third-order valence-electron chi connectivity index (χ3n) is 1.83. The third kappa shape index (κ3) is 1.98. The minimum atomic E-state index is -0.531. The van der Waals surface area contributed by atoms with E-state index in [9.17, 15) is 5.11 Å². The molecule has 0 fully saturated rings. The van der Waals surface area contributed by atoms with E-state index in [0.717, 1.165) is 0 Å². The first kappa shape index (κ1) is 9.07. The lowest BCUT2D eigenvalue weighted by atomic mass is 10.0. The molecule has 1 aromatic rings. The highest BCUT2D eigenvalue weighted by atomic mass is 16.4. The summed E-state index contributed by atoms with van der Waals surface area (Å²) in [7, 11) is 0. The van der Waals surface area contributed by atoms with Crippen molar-refractivity contribution in [2.75, 3.05) is 0 Å². The molecule has 1 N–H and O–H groups in total. The first-order valence-electron chi connectivity index (χ1n) is 4.10. The van der Waals surface area contributed by atoms with Crippen molar-refractivity contribution in [3.05, 3.63) is 36.3 Å². The lowest BCUT2D eigenvalue weighted by molar-refractivity contribution is 0.114. The van der Waals surface area contributed by atoms with Crippen LogP contribution in [0.1, 0.15) is 25.7 Å². The Bertz CT molecular complexity index is 236. The molecule has 12 heavy (non-hydrogen) atoms. The van der Waals surface area contributed by atoms with Crippen molar-refractivity contribution in [2.24, 2.45) is 5.92 Å². The van der Waals surface area contributed by atoms with Gasteiger partial charge in [-0.2, -0.15) is 0 Å². The number of aliphatic hydroxyl groups excluding tert-OH is 1. The van der Waals surface area contributed by atoms with Crippen molar-refractivity contribution in [3.63, 3.8) is 0 Å². The van der Waals surface area contributed by atoms with E-state index < -0.39 is 6.10 Å². The molecule has 2 atom stereocenters. The van der Waals surface area contributed by atoms with Crippen LogP contribution < -0.4 is 0 Å². The molecule has 0 spiro atoms. The van der Waals surface area contributed by atoms with Crippen molar-refractivity contribution in [1.82, 2.24) is 0 Å². The molecule has 1 heterocycles. The first-order valence-corrected chi connectivity index (χ1v) is 4.10. The van der Waals surface area contributed by atoms with Crippen LogP contribution in [-0.2, 0) is 0 Å². The fourth-order valence-corrected chi connectivity index (χ4v) is 1.13. The predicted molar refractivity (Wildman–Crippen MR) is 47.6 cm³/mol. The molecule has 0 aliphatic rings. The maximum atomic E-state index is 9.66. The van der Waals surface area contributed by atoms with Gasteiger partial charge >= 0.3 is 0 Å². The van der Waals surface area contributed by atoms with Crippen LogP contribution in [0, 0.1) is 5.92 Å². The summed E-state index contributed by atoms with van der Waals surface area (Å²) in [5.41, 5.74) is 0. The second-order valence-electron chi connectivity index (χ2n) is 2.85. The second kappa shape index (κ2) is 4.12. The zero-order valence-corrected chi connectivity index (χ0v) is 7.40. The first-order chi connectivity index (χ1) is 5.75. The molecule has 66 valence electrons. The minimum Gasteiger partial charge on any atom is -0.467 e. The molecule has 0 aromatic carbocycles. The number of hydrogen-bond donors (Lipinski definition) is 1.